The monoisotopic (exact) mass is 202 g/mol. The summed E-state index contributed by atoms with van der Waals surface area (Å²) in [5.41, 5.74) is 2.08. The molecule has 0 aliphatic heterocycles. The van der Waals surface area contributed by atoms with E-state index in [-0.39, 0.29) is 5.82 Å². The van der Waals surface area contributed by atoms with Crippen LogP contribution in [0, 0.1) is 12.7 Å². The molecule has 1 aromatic heterocycles. The van der Waals surface area contributed by atoms with Gasteiger partial charge in [-0.3, -0.25) is 0 Å². The van der Waals surface area contributed by atoms with E-state index in [1.807, 2.05) is 24.7 Å². The average Bonchev–Trinajstić information content (AvgIpc) is 2.20. The first kappa shape index (κ1) is 9.84. The van der Waals surface area contributed by atoms with E-state index in [1.54, 1.807) is 18.2 Å². The van der Waals surface area contributed by atoms with Gasteiger partial charge < -0.3 is 0 Å². The fourth-order valence-corrected chi connectivity index (χ4v) is 1.94. The smallest absolute Gasteiger partial charge is 0.207 e. The molecule has 76 valence electrons. The van der Waals surface area contributed by atoms with Crippen molar-refractivity contribution in [2.45, 2.75) is 6.92 Å². The molecule has 0 saturated carbocycles. The van der Waals surface area contributed by atoms with E-state index in [1.165, 1.54) is 6.07 Å². The van der Waals surface area contributed by atoms with Gasteiger partial charge in [0.25, 0.3) is 0 Å². The van der Waals surface area contributed by atoms with Gasteiger partial charge in [0, 0.05) is 22.4 Å². The molecule has 0 aliphatic carbocycles. The SMILES string of the molecule is C=Cc1c(C)c2cc(F)ccc2c[n+]1C. The third-order valence-electron chi connectivity index (χ3n) is 2.71. The van der Waals surface area contributed by atoms with Crippen LogP contribution in [0.15, 0.2) is 31.0 Å². The minimum atomic E-state index is -0.200. The van der Waals surface area contributed by atoms with Gasteiger partial charge in [-0.05, 0) is 25.1 Å². The van der Waals surface area contributed by atoms with E-state index in [2.05, 4.69) is 6.58 Å². The summed E-state index contributed by atoms with van der Waals surface area (Å²) in [5, 5.41) is 1.99. The predicted octanol–water partition coefficient (Wildman–Crippen LogP) is 2.75. The maximum absolute atomic E-state index is 13.1. The van der Waals surface area contributed by atoms with Gasteiger partial charge in [-0.25, -0.2) is 8.96 Å². The third-order valence-corrected chi connectivity index (χ3v) is 2.71. The van der Waals surface area contributed by atoms with Crippen molar-refractivity contribution in [1.82, 2.24) is 0 Å². The minimum absolute atomic E-state index is 0.200. The van der Waals surface area contributed by atoms with Crippen LogP contribution in [0.5, 0.6) is 0 Å². The van der Waals surface area contributed by atoms with Gasteiger partial charge >= 0.3 is 0 Å². The molecule has 2 heteroatoms. The zero-order valence-electron chi connectivity index (χ0n) is 8.92. The minimum Gasteiger partial charge on any atom is -0.207 e. The summed E-state index contributed by atoms with van der Waals surface area (Å²) < 4.78 is 15.1. The Morgan fingerprint density at radius 2 is 2.13 bits per heavy atom. The normalized spacial score (nSPS) is 10.6. The average molecular weight is 202 g/mol. The van der Waals surface area contributed by atoms with E-state index in [4.69, 9.17) is 0 Å². The number of rotatable bonds is 1. The highest BCUT2D eigenvalue weighted by atomic mass is 19.1. The van der Waals surface area contributed by atoms with Crippen molar-refractivity contribution in [3.63, 3.8) is 0 Å². The largest absolute Gasteiger partial charge is 0.207 e. The summed E-state index contributed by atoms with van der Waals surface area (Å²) >= 11 is 0. The molecule has 0 aliphatic rings. The second kappa shape index (κ2) is 3.46. The third kappa shape index (κ3) is 1.52. The zero-order chi connectivity index (χ0) is 11.0. The number of hydrogen-bond acceptors (Lipinski definition) is 0. The van der Waals surface area contributed by atoms with Crippen LogP contribution >= 0.6 is 0 Å². The fraction of sp³-hybridized carbons (Fsp3) is 0.154. The quantitative estimate of drug-likeness (QED) is 0.626. The molecule has 15 heavy (non-hydrogen) atoms. The van der Waals surface area contributed by atoms with Gasteiger partial charge in [0.2, 0.25) is 5.69 Å². The van der Waals surface area contributed by atoms with Crippen molar-refractivity contribution in [2.75, 3.05) is 0 Å². The molecule has 0 saturated heterocycles. The van der Waals surface area contributed by atoms with Crippen LogP contribution in [-0.4, -0.2) is 0 Å². The Balaban J connectivity index is 2.92. The first-order valence-corrected chi connectivity index (χ1v) is 4.84. The maximum Gasteiger partial charge on any atom is 0.207 e. The van der Waals surface area contributed by atoms with E-state index in [0.717, 1.165) is 22.0 Å². The standard InChI is InChI=1S/C13H13FN/c1-4-13-9(2)12-7-11(14)6-5-10(12)8-15(13)3/h4-8H,1H2,2-3H3/q+1. The lowest BCUT2D eigenvalue weighted by Gasteiger charge is -2.04. The number of hydrogen-bond donors (Lipinski definition) is 0. The van der Waals surface area contributed by atoms with Gasteiger partial charge in [-0.15, -0.1) is 0 Å². The van der Waals surface area contributed by atoms with Crippen molar-refractivity contribution in [3.05, 3.63) is 48.0 Å². The van der Waals surface area contributed by atoms with Crippen LogP contribution in [0.3, 0.4) is 0 Å². The fourth-order valence-electron chi connectivity index (χ4n) is 1.94. The van der Waals surface area contributed by atoms with Crippen LogP contribution in [0.2, 0.25) is 0 Å². The van der Waals surface area contributed by atoms with Gasteiger partial charge in [0.05, 0.1) is 0 Å². The highest BCUT2D eigenvalue weighted by Crippen LogP contribution is 2.20. The molecule has 0 N–H and O–H groups in total. The zero-order valence-corrected chi connectivity index (χ0v) is 8.92. The summed E-state index contributed by atoms with van der Waals surface area (Å²) in [6.45, 7) is 5.75. The van der Waals surface area contributed by atoms with Gasteiger partial charge in [0.15, 0.2) is 6.20 Å². The first-order chi connectivity index (χ1) is 7.13. The number of benzene rings is 1. The number of halogens is 1. The lowest BCUT2D eigenvalue weighted by atomic mass is 10.1. The second-order valence-electron chi connectivity index (χ2n) is 3.69. The van der Waals surface area contributed by atoms with Gasteiger partial charge in [0.1, 0.15) is 12.9 Å². The molecule has 0 fully saturated rings. The Kier molecular flexibility index (Phi) is 2.27. The van der Waals surface area contributed by atoms with Crippen molar-refractivity contribution in [2.24, 2.45) is 7.05 Å². The number of aryl methyl sites for hydroxylation is 2. The lowest BCUT2D eigenvalue weighted by molar-refractivity contribution is -0.672. The van der Waals surface area contributed by atoms with E-state index in [0.29, 0.717) is 0 Å². The molecule has 0 bridgehead atoms. The van der Waals surface area contributed by atoms with E-state index in [9.17, 15) is 4.39 Å². The van der Waals surface area contributed by atoms with Crippen molar-refractivity contribution in [1.29, 1.82) is 0 Å². The van der Waals surface area contributed by atoms with Crippen LogP contribution in [-0.2, 0) is 7.05 Å². The molecule has 0 amide bonds. The summed E-state index contributed by atoms with van der Waals surface area (Å²) in [4.78, 5) is 0. The van der Waals surface area contributed by atoms with Crippen molar-refractivity contribution in [3.8, 4) is 0 Å². The molecule has 2 aromatic rings. The van der Waals surface area contributed by atoms with Gasteiger partial charge in [-0.1, -0.05) is 6.58 Å². The van der Waals surface area contributed by atoms with Crippen LogP contribution < -0.4 is 4.57 Å². The molecule has 0 radical (unpaired) electrons. The summed E-state index contributed by atoms with van der Waals surface area (Å²) in [6.07, 6.45) is 3.78. The molecule has 1 heterocycles. The second-order valence-corrected chi connectivity index (χ2v) is 3.69. The number of fused-ring (bicyclic) bond motifs is 1. The van der Waals surface area contributed by atoms with E-state index >= 15 is 0 Å². The molecule has 1 nitrogen and oxygen atoms in total. The van der Waals surface area contributed by atoms with Crippen molar-refractivity contribution >= 4 is 16.8 Å². The van der Waals surface area contributed by atoms with Crippen molar-refractivity contribution < 1.29 is 8.96 Å². The maximum atomic E-state index is 13.1. The summed E-state index contributed by atoms with van der Waals surface area (Å²) in [5.74, 6) is -0.200. The van der Waals surface area contributed by atoms with Gasteiger partial charge in [-0.2, -0.15) is 0 Å². The molecule has 0 spiro atoms. The Morgan fingerprint density at radius 1 is 1.40 bits per heavy atom. The van der Waals surface area contributed by atoms with Crippen LogP contribution in [0.4, 0.5) is 4.39 Å². The first-order valence-electron chi connectivity index (χ1n) is 4.84. The lowest BCUT2D eigenvalue weighted by Crippen LogP contribution is -2.32. The predicted molar refractivity (Wildman–Crippen MR) is 59.9 cm³/mol. The molecule has 2 rings (SSSR count). The summed E-state index contributed by atoms with van der Waals surface area (Å²) in [7, 11) is 1.97. The molecule has 0 atom stereocenters. The number of nitrogens with zero attached hydrogens (tertiary/aromatic N) is 1. The summed E-state index contributed by atoms with van der Waals surface area (Å²) in [6, 6.07) is 4.84. The molecule has 0 unspecified atom stereocenters. The topological polar surface area (TPSA) is 3.88 Å². The highest BCUT2D eigenvalue weighted by Gasteiger charge is 2.11. The van der Waals surface area contributed by atoms with E-state index < -0.39 is 0 Å². The number of aromatic nitrogens is 1. The number of pyridine rings is 1. The molecule has 1 aromatic carbocycles. The van der Waals surface area contributed by atoms with Crippen LogP contribution in [0.1, 0.15) is 11.3 Å². The van der Waals surface area contributed by atoms with Crippen LogP contribution in [0.25, 0.3) is 16.8 Å². The molecular formula is C13H13FN+. The molecular weight excluding hydrogens is 189 g/mol. The Hall–Kier alpha value is -1.70. The Morgan fingerprint density at radius 3 is 2.80 bits per heavy atom. The Labute approximate surface area is 88.5 Å². The Bertz CT molecular complexity index is 544. The highest BCUT2D eigenvalue weighted by molar-refractivity contribution is 5.85.